The number of anilines is 1. The van der Waals surface area contributed by atoms with Gasteiger partial charge in [-0.1, -0.05) is 6.92 Å². The van der Waals surface area contributed by atoms with Gasteiger partial charge >= 0.3 is 6.18 Å². The standard InChI is InChI=1S/C18H19F3N6S/c1-3-28-12-6-10(17(9-22)4-5-17)8-25-14(12)16-26-11(15(24)27(16)2)7-13(23)18(19,20)21/h6-8H,3-5,23-24H2,1-2H3/b13-7-. The maximum atomic E-state index is 12.7. The van der Waals surface area contributed by atoms with Crippen molar-refractivity contribution in [2.75, 3.05) is 11.5 Å². The summed E-state index contributed by atoms with van der Waals surface area (Å²) in [5, 5.41) is 9.42. The van der Waals surface area contributed by atoms with Gasteiger partial charge in [-0.15, -0.1) is 11.8 Å². The van der Waals surface area contributed by atoms with Gasteiger partial charge < -0.3 is 16.0 Å². The molecular formula is C18H19F3N6S. The predicted octanol–water partition coefficient (Wildman–Crippen LogP) is 3.59. The van der Waals surface area contributed by atoms with Crippen molar-refractivity contribution in [1.82, 2.24) is 14.5 Å². The fourth-order valence-corrected chi connectivity index (χ4v) is 3.61. The van der Waals surface area contributed by atoms with E-state index in [1.54, 1.807) is 13.2 Å². The summed E-state index contributed by atoms with van der Waals surface area (Å²) in [6.07, 6.45) is -0.725. The number of nitriles is 1. The Labute approximate surface area is 164 Å². The number of alkyl halides is 3. The van der Waals surface area contributed by atoms with Crippen LogP contribution in [-0.2, 0) is 12.5 Å². The highest BCUT2D eigenvalue weighted by atomic mass is 32.2. The van der Waals surface area contributed by atoms with E-state index < -0.39 is 17.3 Å². The Morgan fingerprint density at radius 3 is 2.68 bits per heavy atom. The quantitative estimate of drug-likeness (QED) is 0.732. The molecule has 6 nitrogen and oxygen atoms in total. The molecule has 10 heteroatoms. The minimum absolute atomic E-state index is 0.0520. The van der Waals surface area contributed by atoms with Crippen LogP contribution in [0.15, 0.2) is 22.9 Å². The van der Waals surface area contributed by atoms with Crippen LogP contribution in [0, 0.1) is 11.3 Å². The summed E-state index contributed by atoms with van der Waals surface area (Å²) in [5.41, 5.74) is 10.6. The average Bonchev–Trinajstić information content (AvgIpc) is 3.40. The van der Waals surface area contributed by atoms with E-state index in [-0.39, 0.29) is 11.5 Å². The number of aromatic nitrogens is 3. The normalized spacial score (nSPS) is 16.1. The molecule has 4 N–H and O–H groups in total. The lowest BCUT2D eigenvalue weighted by atomic mass is 9.99. The SMILES string of the molecule is CCSc1cc(C2(C#N)CC2)cnc1-c1nc(/C=C(\N)C(F)(F)F)c(N)n1C. The highest BCUT2D eigenvalue weighted by molar-refractivity contribution is 7.99. The van der Waals surface area contributed by atoms with E-state index >= 15 is 0 Å². The number of nitrogen functional groups attached to an aromatic ring is 1. The number of allylic oxidation sites excluding steroid dienone is 1. The molecule has 2 aromatic heterocycles. The Bertz CT molecular complexity index is 982. The van der Waals surface area contributed by atoms with Gasteiger partial charge in [0.25, 0.3) is 0 Å². The summed E-state index contributed by atoms with van der Waals surface area (Å²) in [4.78, 5) is 9.52. The first-order valence-electron chi connectivity index (χ1n) is 8.54. The second-order valence-electron chi connectivity index (χ2n) is 6.56. The molecule has 1 saturated carbocycles. The molecule has 3 rings (SSSR count). The molecule has 0 bridgehead atoms. The van der Waals surface area contributed by atoms with E-state index in [2.05, 4.69) is 16.0 Å². The minimum atomic E-state index is -4.66. The summed E-state index contributed by atoms with van der Waals surface area (Å²) in [6, 6.07) is 4.25. The molecule has 1 fully saturated rings. The zero-order valence-corrected chi connectivity index (χ0v) is 16.2. The first kappa shape index (κ1) is 20.1. The van der Waals surface area contributed by atoms with Gasteiger partial charge in [-0.3, -0.25) is 4.98 Å². The molecule has 0 aromatic carbocycles. The summed E-state index contributed by atoms with van der Waals surface area (Å²) >= 11 is 1.52. The number of rotatable bonds is 5. The van der Waals surface area contributed by atoms with E-state index in [0.29, 0.717) is 17.6 Å². The lowest BCUT2D eigenvalue weighted by Gasteiger charge is -2.12. The third-order valence-electron chi connectivity index (χ3n) is 4.67. The second-order valence-corrected chi connectivity index (χ2v) is 7.87. The van der Waals surface area contributed by atoms with Gasteiger partial charge in [-0.25, -0.2) is 4.98 Å². The number of imidazole rings is 1. The third kappa shape index (κ3) is 3.54. The molecule has 1 aliphatic rings. The van der Waals surface area contributed by atoms with Crippen LogP contribution in [0.4, 0.5) is 19.0 Å². The zero-order chi connectivity index (χ0) is 20.7. The predicted molar refractivity (Wildman–Crippen MR) is 102 cm³/mol. The molecule has 148 valence electrons. The number of nitrogens with zero attached hydrogens (tertiary/aromatic N) is 4. The van der Waals surface area contributed by atoms with Crippen LogP contribution in [0.1, 0.15) is 31.0 Å². The Morgan fingerprint density at radius 2 is 2.14 bits per heavy atom. The lowest BCUT2D eigenvalue weighted by Crippen LogP contribution is -2.19. The van der Waals surface area contributed by atoms with Crippen molar-refractivity contribution in [2.24, 2.45) is 12.8 Å². The molecule has 2 heterocycles. The number of halogens is 3. The number of nitrogens with two attached hydrogens (primary N) is 2. The van der Waals surface area contributed by atoms with Crippen LogP contribution in [0.25, 0.3) is 17.6 Å². The van der Waals surface area contributed by atoms with Crippen molar-refractivity contribution >= 4 is 23.7 Å². The van der Waals surface area contributed by atoms with Crippen molar-refractivity contribution in [1.29, 1.82) is 5.26 Å². The summed E-state index contributed by atoms with van der Waals surface area (Å²) < 4.78 is 39.7. The molecule has 1 aliphatic carbocycles. The van der Waals surface area contributed by atoms with E-state index in [1.165, 1.54) is 16.3 Å². The Balaban J connectivity index is 2.09. The molecule has 0 aliphatic heterocycles. The van der Waals surface area contributed by atoms with E-state index in [0.717, 1.165) is 29.1 Å². The number of hydrogen-bond acceptors (Lipinski definition) is 6. The molecule has 0 radical (unpaired) electrons. The first-order chi connectivity index (χ1) is 13.1. The van der Waals surface area contributed by atoms with Crippen molar-refractivity contribution in [3.8, 4) is 17.6 Å². The molecule has 0 spiro atoms. The summed E-state index contributed by atoms with van der Waals surface area (Å²) in [7, 11) is 1.60. The summed E-state index contributed by atoms with van der Waals surface area (Å²) in [6.45, 7) is 1.98. The Hall–Kier alpha value is -2.67. The zero-order valence-electron chi connectivity index (χ0n) is 15.3. The van der Waals surface area contributed by atoms with Crippen molar-refractivity contribution in [2.45, 2.75) is 36.3 Å². The molecule has 28 heavy (non-hydrogen) atoms. The van der Waals surface area contributed by atoms with Crippen molar-refractivity contribution in [3.63, 3.8) is 0 Å². The van der Waals surface area contributed by atoms with E-state index in [4.69, 9.17) is 11.5 Å². The van der Waals surface area contributed by atoms with Gasteiger partial charge in [0.2, 0.25) is 0 Å². The van der Waals surface area contributed by atoms with E-state index in [9.17, 15) is 18.4 Å². The van der Waals surface area contributed by atoms with Crippen LogP contribution in [0.3, 0.4) is 0 Å². The number of pyridine rings is 1. The highest BCUT2D eigenvalue weighted by Gasteiger charge is 2.45. The molecule has 0 unspecified atom stereocenters. The third-order valence-corrected chi connectivity index (χ3v) is 5.58. The van der Waals surface area contributed by atoms with Crippen LogP contribution in [0.2, 0.25) is 0 Å². The van der Waals surface area contributed by atoms with Crippen LogP contribution < -0.4 is 11.5 Å². The maximum Gasteiger partial charge on any atom is 0.430 e. The highest BCUT2D eigenvalue weighted by Crippen LogP contribution is 2.48. The van der Waals surface area contributed by atoms with Crippen molar-refractivity contribution < 1.29 is 13.2 Å². The van der Waals surface area contributed by atoms with Crippen LogP contribution >= 0.6 is 11.8 Å². The Kier molecular flexibility index (Phi) is 5.06. The summed E-state index contributed by atoms with van der Waals surface area (Å²) in [5.74, 6) is 1.14. The molecule has 2 aromatic rings. The number of hydrogen-bond donors (Lipinski definition) is 2. The Morgan fingerprint density at radius 1 is 1.46 bits per heavy atom. The molecular weight excluding hydrogens is 389 g/mol. The number of thioether (sulfide) groups is 1. The van der Waals surface area contributed by atoms with Gasteiger partial charge in [0, 0.05) is 18.1 Å². The fourth-order valence-electron chi connectivity index (χ4n) is 2.81. The smallest absolute Gasteiger partial charge is 0.395 e. The lowest BCUT2D eigenvalue weighted by molar-refractivity contribution is -0.0916. The molecule has 0 atom stereocenters. The van der Waals surface area contributed by atoms with Gasteiger partial charge in [-0.2, -0.15) is 18.4 Å². The average molecular weight is 408 g/mol. The molecule has 0 saturated heterocycles. The van der Waals surface area contributed by atoms with Crippen LogP contribution in [0.5, 0.6) is 0 Å². The van der Waals surface area contributed by atoms with E-state index in [1.807, 2.05) is 13.0 Å². The van der Waals surface area contributed by atoms with Gasteiger partial charge in [0.15, 0.2) is 5.82 Å². The first-order valence-corrected chi connectivity index (χ1v) is 9.53. The largest absolute Gasteiger partial charge is 0.430 e. The van der Waals surface area contributed by atoms with Crippen molar-refractivity contribution in [3.05, 3.63) is 29.2 Å². The van der Waals surface area contributed by atoms with Gasteiger partial charge in [0.05, 0.1) is 11.5 Å². The minimum Gasteiger partial charge on any atom is -0.395 e. The fraction of sp³-hybridized carbons (Fsp3) is 0.389. The monoisotopic (exact) mass is 408 g/mol. The maximum absolute atomic E-state index is 12.7. The van der Waals surface area contributed by atoms with Crippen LogP contribution in [-0.4, -0.2) is 26.5 Å². The van der Waals surface area contributed by atoms with Gasteiger partial charge in [0.1, 0.15) is 22.9 Å². The molecule has 0 amide bonds. The second kappa shape index (κ2) is 7.05. The van der Waals surface area contributed by atoms with Gasteiger partial charge in [-0.05, 0) is 36.3 Å². The topological polar surface area (TPSA) is 107 Å².